The number of thiocarbonyl (C=S) groups is 1. The second kappa shape index (κ2) is 9.37. The molecular weight excluding hydrogens is 426 g/mol. The lowest BCUT2D eigenvalue weighted by Gasteiger charge is -2.27. The van der Waals surface area contributed by atoms with Crippen LogP contribution in [-0.4, -0.2) is 41.8 Å². The summed E-state index contributed by atoms with van der Waals surface area (Å²) in [7, 11) is 3.03. The van der Waals surface area contributed by atoms with Gasteiger partial charge in [0, 0.05) is 30.4 Å². The second-order valence-corrected chi connectivity index (χ2v) is 7.85. The molecular formula is C23H25N5O3S. The van der Waals surface area contributed by atoms with Crippen LogP contribution < -0.4 is 20.3 Å². The number of nitrogens with one attached hydrogen (secondary N) is 3. The number of aryl methyl sites for hydroxylation is 1. The molecule has 1 amide bonds. The number of nitrogens with zero attached hydrogens (tertiary/aromatic N) is 2. The number of pyridine rings is 1. The van der Waals surface area contributed by atoms with Gasteiger partial charge in [-0.25, -0.2) is 0 Å². The van der Waals surface area contributed by atoms with E-state index in [0.717, 1.165) is 22.8 Å². The Morgan fingerprint density at radius 1 is 1.22 bits per heavy atom. The van der Waals surface area contributed by atoms with E-state index in [0.29, 0.717) is 16.5 Å². The van der Waals surface area contributed by atoms with Gasteiger partial charge in [-0.2, -0.15) is 0 Å². The molecule has 0 aliphatic carbocycles. The summed E-state index contributed by atoms with van der Waals surface area (Å²) in [5.74, 6) is 0.276. The first-order chi connectivity index (χ1) is 15.5. The van der Waals surface area contributed by atoms with E-state index in [1.54, 1.807) is 13.3 Å². The molecule has 166 valence electrons. The number of carbonyl (C=O) groups excluding carboxylic acids is 1. The molecule has 0 spiro atoms. The van der Waals surface area contributed by atoms with Crippen LogP contribution in [0.25, 0.3) is 0 Å². The molecule has 3 N–H and O–H groups in total. The Labute approximate surface area is 191 Å². The summed E-state index contributed by atoms with van der Waals surface area (Å²) in [6.07, 6.45) is 1.77. The number of benzene rings is 1. The van der Waals surface area contributed by atoms with E-state index in [9.17, 15) is 4.79 Å². The monoisotopic (exact) mass is 451 g/mol. The van der Waals surface area contributed by atoms with Crippen molar-refractivity contribution >= 4 is 34.6 Å². The minimum Gasteiger partial charge on any atom is -0.495 e. The van der Waals surface area contributed by atoms with E-state index in [1.165, 1.54) is 7.11 Å². The summed E-state index contributed by atoms with van der Waals surface area (Å²) in [5.41, 5.74) is 4.30. The third kappa shape index (κ3) is 4.30. The second-order valence-electron chi connectivity index (χ2n) is 7.46. The summed E-state index contributed by atoms with van der Waals surface area (Å²) >= 11 is 5.75. The Kier molecular flexibility index (Phi) is 6.38. The number of methoxy groups -OCH3 is 2. The standard InChI is InChI=1S/C23H25N5O3S/c1-14-7-9-17(25-14)22-21(16-6-4-5-11-24-16)27-23(32)28(22)15-8-10-19(31-3)18(12-15)26-20(29)13-30-2/h4-12,21-22,25H,13H2,1-3H3,(H,26,29)(H,27,32)/t21-,22+/m0/s1. The molecule has 0 unspecified atom stereocenters. The lowest BCUT2D eigenvalue weighted by molar-refractivity contribution is -0.119. The fourth-order valence-electron chi connectivity index (χ4n) is 3.91. The van der Waals surface area contributed by atoms with Gasteiger partial charge in [-0.15, -0.1) is 0 Å². The third-order valence-corrected chi connectivity index (χ3v) is 5.60. The summed E-state index contributed by atoms with van der Waals surface area (Å²) in [6.45, 7) is 1.96. The number of aromatic nitrogens is 2. The molecule has 1 aliphatic heterocycles. The summed E-state index contributed by atoms with van der Waals surface area (Å²) < 4.78 is 10.4. The van der Waals surface area contributed by atoms with Crippen LogP contribution in [0.4, 0.5) is 11.4 Å². The van der Waals surface area contributed by atoms with Crippen LogP contribution in [-0.2, 0) is 9.53 Å². The van der Waals surface area contributed by atoms with E-state index in [4.69, 9.17) is 21.7 Å². The molecule has 9 heteroatoms. The number of hydrogen-bond donors (Lipinski definition) is 3. The van der Waals surface area contributed by atoms with Gasteiger partial charge in [0.1, 0.15) is 18.4 Å². The van der Waals surface area contributed by atoms with Crippen molar-refractivity contribution in [1.82, 2.24) is 15.3 Å². The van der Waals surface area contributed by atoms with Gasteiger partial charge in [0.25, 0.3) is 0 Å². The van der Waals surface area contributed by atoms with Crippen molar-refractivity contribution in [2.24, 2.45) is 0 Å². The highest BCUT2D eigenvalue weighted by Crippen LogP contribution is 2.42. The van der Waals surface area contributed by atoms with E-state index < -0.39 is 0 Å². The first kappa shape index (κ1) is 21.8. The maximum Gasteiger partial charge on any atom is 0.250 e. The minimum absolute atomic E-state index is 0.0524. The highest BCUT2D eigenvalue weighted by molar-refractivity contribution is 7.80. The van der Waals surface area contributed by atoms with Gasteiger partial charge < -0.3 is 30.0 Å². The highest BCUT2D eigenvalue weighted by Gasteiger charge is 2.41. The van der Waals surface area contributed by atoms with Crippen LogP contribution >= 0.6 is 12.2 Å². The number of anilines is 2. The van der Waals surface area contributed by atoms with Gasteiger partial charge in [0.2, 0.25) is 5.91 Å². The summed E-state index contributed by atoms with van der Waals surface area (Å²) in [6, 6.07) is 15.2. The maximum atomic E-state index is 12.1. The Morgan fingerprint density at radius 3 is 2.72 bits per heavy atom. The average Bonchev–Trinajstić information content (AvgIpc) is 3.37. The number of carbonyl (C=O) groups is 1. The molecule has 32 heavy (non-hydrogen) atoms. The van der Waals surface area contributed by atoms with E-state index in [1.807, 2.05) is 54.3 Å². The molecule has 2 aromatic heterocycles. The normalized spacial score (nSPS) is 17.8. The van der Waals surface area contributed by atoms with Gasteiger partial charge in [0.05, 0.1) is 24.5 Å². The fourth-order valence-corrected chi connectivity index (χ4v) is 4.25. The molecule has 0 radical (unpaired) electrons. The van der Waals surface area contributed by atoms with Crippen molar-refractivity contribution in [3.8, 4) is 5.75 Å². The maximum absolute atomic E-state index is 12.1. The van der Waals surface area contributed by atoms with Gasteiger partial charge in [-0.05, 0) is 61.6 Å². The van der Waals surface area contributed by atoms with E-state index >= 15 is 0 Å². The average molecular weight is 452 g/mol. The van der Waals surface area contributed by atoms with Crippen LogP contribution in [0, 0.1) is 6.92 Å². The first-order valence-corrected chi connectivity index (χ1v) is 10.6. The lowest BCUT2D eigenvalue weighted by Crippen LogP contribution is -2.29. The topological polar surface area (TPSA) is 91.5 Å². The molecule has 1 aliphatic rings. The number of hydrogen-bond acceptors (Lipinski definition) is 5. The molecule has 1 aromatic carbocycles. The SMILES string of the molecule is COCC(=O)Nc1cc(N2C(=S)N[C@@H](c3ccccn3)[C@H]2c2ccc(C)[nH]2)ccc1OC. The third-order valence-electron chi connectivity index (χ3n) is 5.28. The van der Waals surface area contributed by atoms with Crippen molar-refractivity contribution < 1.29 is 14.3 Å². The molecule has 8 nitrogen and oxygen atoms in total. The largest absolute Gasteiger partial charge is 0.495 e. The predicted molar refractivity (Wildman–Crippen MR) is 127 cm³/mol. The Hall–Kier alpha value is -3.43. The molecule has 4 rings (SSSR count). The molecule has 0 saturated carbocycles. The van der Waals surface area contributed by atoms with Crippen LogP contribution in [0.2, 0.25) is 0 Å². The zero-order valence-electron chi connectivity index (χ0n) is 18.1. The molecule has 2 atom stereocenters. The van der Waals surface area contributed by atoms with Crippen molar-refractivity contribution in [3.05, 3.63) is 71.8 Å². The molecule has 3 aromatic rings. The number of aromatic amines is 1. The van der Waals surface area contributed by atoms with E-state index in [-0.39, 0.29) is 24.6 Å². The van der Waals surface area contributed by atoms with Crippen LogP contribution in [0.5, 0.6) is 5.75 Å². The molecule has 3 heterocycles. The van der Waals surface area contributed by atoms with Gasteiger partial charge in [-0.3, -0.25) is 9.78 Å². The fraction of sp³-hybridized carbons (Fsp3) is 0.261. The lowest BCUT2D eigenvalue weighted by atomic mass is 10.0. The number of amides is 1. The minimum atomic E-state index is -0.270. The van der Waals surface area contributed by atoms with Gasteiger partial charge >= 0.3 is 0 Å². The number of ether oxygens (including phenoxy) is 2. The van der Waals surface area contributed by atoms with Crippen molar-refractivity contribution in [1.29, 1.82) is 0 Å². The number of rotatable bonds is 7. The van der Waals surface area contributed by atoms with Crippen LogP contribution in [0.1, 0.15) is 29.2 Å². The Morgan fingerprint density at radius 2 is 2.06 bits per heavy atom. The molecule has 1 saturated heterocycles. The zero-order valence-corrected chi connectivity index (χ0v) is 18.9. The summed E-state index contributed by atoms with van der Waals surface area (Å²) in [4.78, 5) is 22.2. The Balaban J connectivity index is 1.77. The number of H-pyrrole nitrogens is 1. The first-order valence-electron chi connectivity index (χ1n) is 10.1. The quantitative estimate of drug-likeness (QED) is 0.474. The van der Waals surface area contributed by atoms with Crippen LogP contribution in [0.15, 0.2) is 54.7 Å². The molecule has 1 fully saturated rings. The smallest absolute Gasteiger partial charge is 0.250 e. The van der Waals surface area contributed by atoms with Crippen LogP contribution in [0.3, 0.4) is 0 Å². The predicted octanol–water partition coefficient (Wildman–Crippen LogP) is 3.49. The van der Waals surface area contributed by atoms with Gasteiger partial charge in [0.15, 0.2) is 5.11 Å². The van der Waals surface area contributed by atoms with Gasteiger partial charge in [-0.1, -0.05) is 6.07 Å². The summed E-state index contributed by atoms with van der Waals surface area (Å²) in [5, 5.41) is 6.83. The Bertz CT molecular complexity index is 1120. The van der Waals surface area contributed by atoms with E-state index in [2.05, 4.69) is 26.7 Å². The van der Waals surface area contributed by atoms with Crippen molar-refractivity contribution in [2.75, 3.05) is 31.0 Å². The van der Waals surface area contributed by atoms with Crippen molar-refractivity contribution in [3.63, 3.8) is 0 Å². The van der Waals surface area contributed by atoms with Crippen molar-refractivity contribution in [2.45, 2.75) is 19.0 Å². The molecule has 0 bridgehead atoms. The zero-order chi connectivity index (χ0) is 22.7. The highest BCUT2D eigenvalue weighted by atomic mass is 32.1.